The second-order valence-corrected chi connectivity index (χ2v) is 3.39. The molecular formula is C11H17NO4. The molecule has 1 aromatic rings. The molecule has 0 spiro atoms. The first-order valence-corrected chi connectivity index (χ1v) is 5.24. The van der Waals surface area contributed by atoms with Gasteiger partial charge in [-0.1, -0.05) is 0 Å². The van der Waals surface area contributed by atoms with Crippen LogP contribution in [-0.4, -0.2) is 39.6 Å². The van der Waals surface area contributed by atoms with Gasteiger partial charge in [-0.15, -0.1) is 0 Å². The van der Waals surface area contributed by atoms with E-state index >= 15 is 0 Å². The van der Waals surface area contributed by atoms with Crippen LogP contribution in [0.4, 0.5) is 0 Å². The van der Waals surface area contributed by atoms with Crippen LogP contribution in [0.25, 0.3) is 0 Å². The van der Waals surface area contributed by atoms with Crippen molar-refractivity contribution in [1.82, 2.24) is 4.98 Å². The Labute approximate surface area is 94.3 Å². The molecule has 0 aliphatic rings. The van der Waals surface area contributed by atoms with Gasteiger partial charge in [-0.3, -0.25) is 0 Å². The summed E-state index contributed by atoms with van der Waals surface area (Å²) in [5.41, 5.74) is 0.504. The predicted octanol–water partition coefficient (Wildman–Crippen LogP) is 0.257. The van der Waals surface area contributed by atoms with Crippen molar-refractivity contribution in [2.75, 3.05) is 13.2 Å². The molecule has 0 bridgehead atoms. The third-order valence-electron chi connectivity index (χ3n) is 2.18. The van der Waals surface area contributed by atoms with E-state index in [1.807, 2.05) is 6.92 Å². The molecule has 2 atom stereocenters. The van der Waals surface area contributed by atoms with Crippen molar-refractivity contribution in [1.29, 1.82) is 0 Å². The Hall–Kier alpha value is -1.17. The Balaban J connectivity index is 2.65. The molecular weight excluding hydrogens is 210 g/mol. The molecule has 5 nitrogen and oxygen atoms in total. The third-order valence-corrected chi connectivity index (χ3v) is 2.18. The number of pyridine rings is 1. The van der Waals surface area contributed by atoms with Crippen LogP contribution in [0.3, 0.4) is 0 Å². The van der Waals surface area contributed by atoms with Crippen LogP contribution in [0.5, 0.6) is 5.88 Å². The highest BCUT2D eigenvalue weighted by Gasteiger charge is 2.17. The summed E-state index contributed by atoms with van der Waals surface area (Å²) < 4.78 is 5.15. The first-order valence-electron chi connectivity index (χ1n) is 5.24. The monoisotopic (exact) mass is 227 g/mol. The molecule has 0 radical (unpaired) electrons. The number of aliphatic hydroxyl groups excluding tert-OH is 3. The lowest BCUT2D eigenvalue weighted by Gasteiger charge is -2.16. The molecule has 0 amide bonds. The Morgan fingerprint density at radius 1 is 1.38 bits per heavy atom. The first kappa shape index (κ1) is 12.9. The SMILES string of the molecule is CCOc1ccc(C(O)C(O)CCO)cn1. The molecule has 90 valence electrons. The molecule has 1 aromatic heterocycles. The number of aromatic nitrogens is 1. The maximum atomic E-state index is 9.70. The largest absolute Gasteiger partial charge is 0.478 e. The molecule has 1 rings (SSSR count). The van der Waals surface area contributed by atoms with Crippen molar-refractivity contribution in [3.63, 3.8) is 0 Å². The van der Waals surface area contributed by atoms with Crippen LogP contribution in [-0.2, 0) is 0 Å². The van der Waals surface area contributed by atoms with Gasteiger partial charge in [0.2, 0.25) is 5.88 Å². The topological polar surface area (TPSA) is 82.8 Å². The van der Waals surface area contributed by atoms with Gasteiger partial charge in [-0.2, -0.15) is 0 Å². The lowest BCUT2D eigenvalue weighted by Crippen LogP contribution is -2.19. The van der Waals surface area contributed by atoms with E-state index in [0.29, 0.717) is 18.1 Å². The molecule has 2 unspecified atom stereocenters. The van der Waals surface area contributed by atoms with E-state index in [0.717, 1.165) is 0 Å². The number of nitrogens with zero attached hydrogens (tertiary/aromatic N) is 1. The van der Waals surface area contributed by atoms with Crippen molar-refractivity contribution >= 4 is 0 Å². The average Bonchev–Trinajstić information content (AvgIpc) is 2.30. The molecule has 16 heavy (non-hydrogen) atoms. The van der Waals surface area contributed by atoms with Crippen LogP contribution in [0, 0.1) is 0 Å². The van der Waals surface area contributed by atoms with E-state index in [1.54, 1.807) is 12.1 Å². The van der Waals surface area contributed by atoms with Crippen molar-refractivity contribution in [3.8, 4) is 5.88 Å². The Morgan fingerprint density at radius 2 is 2.12 bits per heavy atom. The van der Waals surface area contributed by atoms with E-state index in [4.69, 9.17) is 9.84 Å². The molecule has 0 aliphatic heterocycles. The van der Waals surface area contributed by atoms with E-state index in [1.165, 1.54) is 6.20 Å². The zero-order valence-corrected chi connectivity index (χ0v) is 9.21. The van der Waals surface area contributed by atoms with Gasteiger partial charge < -0.3 is 20.1 Å². The van der Waals surface area contributed by atoms with Gasteiger partial charge in [0.25, 0.3) is 0 Å². The molecule has 0 aromatic carbocycles. The summed E-state index contributed by atoms with van der Waals surface area (Å²) in [6, 6.07) is 3.27. The van der Waals surface area contributed by atoms with Crippen molar-refractivity contribution in [2.24, 2.45) is 0 Å². The molecule has 3 N–H and O–H groups in total. The average molecular weight is 227 g/mol. The third kappa shape index (κ3) is 3.44. The maximum absolute atomic E-state index is 9.70. The van der Waals surface area contributed by atoms with Crippen LogP contribution in [0.2, 0.25) is 0 Å². The minimum Gasteiger partial charge on any atom is -0.478 e. The van der Waals surface area contributed by atoms with Gasteiger partial charge in [-0.25, -0.2) is 4.98 Å². The smallest absolute Gasteiger partial charge is 0.213 e. The summed E-state index contributed by atoms with van der Waals surface area (Å²) in [7, 11) is 0. The maximum Gasteiger partial charge on any atom is 0.213 e. The van der Waals surface area contributed by atoms with Crippen LogP contribution in [0.1, 0.15) is 25.0 Å². The highest BCUT2D eigenvalue weighted by atomic mass is 16.5. The van der Waals surface area contributed by atoms with Crippen molar-refractivity contribution in [2.45, 2.75) is 25.6 Å². The summed E-state index contributed by atoms with van der Waals surface area (Å²) in [4.78, 5) is 3.98. The Morgan fingerprint density at radius 3 is 2.62 bits per heavy atom. The number of hydrogen-bond acceptors (Lipinski definition) is 5. The fraction of sp³-hybridized carbons (Fsp3) is 0.545. The summed E-state index contributed by atoms with van der Waals surface area (Å²) >= 11 is 0. The van der Waals surface area contributed by atoms with Gasteiger partial charge >= 0.3 is 0 Å². The number of ether oxygens (including phenoxy) is 1. The van der Waals surface area contributed by atoms with Gasteiger partial charge in [-0.05, 0) is 19.4 Å². The molecule has 0 saturated carbocycles. The van der Waals surface area contributed by atoms with Gasteiger partial charge in [0.1, 0.15) is 6.10 Å². The fourth-order valence-electron chi connectivity index (χ4n) is 1.31. The van der Waals surface area contributed by atoms with E-state index in [-0.39, 0.29) is 13.0 Å². The van der Waals surface area contributed by atoms with E-state index in [9.17, 15) is 10.2 Å². The summed E-state index contributed by atoms with van der Waals surface area (Å²) in [5.74, 6) is 0.482. The quantitative estimate of drug-likeness (QED) is 0.649. The van der Waals surface area contributed by atoms with Crippen molar-refractivity contribution in [3.05, 3.63) is 23.9 Å². The normalized spacial score (nSPS) is 14.5. The highest BCUT2D eigenvalue weighted by Crippen LogP contribution is 2.19. The van der Waals surface area contributed by atoms with Crippen LogP contribution >= 0.6 is 0 Å². The van der Waals surface area contributed by atoms with E-state index in [2.05, 4.69) is 4.98 Å². The summed E-state index contributed by atoms with van der Waals surface area (Å²) in [5, 5.41) is 27.8. The summed E-state index contributed by atoms with van der Waals surface area (Å²) in [6.45, 7) is 2.22. The lowest BCUT2D eigenvalue weighted by molar-refractivity contribution is 0.00399. The van der Waals surface area contributed by atoms with Gasteiger partial charge in [0, 0.05) is 24.4 Å². The fourth-order valence-corrected chi connectivity index (χ4v) is 1.31. The Kier molecular flexibility index (Phi) is 5.18. The number of hydrogen-bond donors (Lipinski definition) is 3. The lowest BCUT2D eigenvalue weighted by atomic mass is 10.0. The van der Waals surface area contributed by atoms with Gasteiger partial charge in [0.05, 0.1) is 12.7 Å². The second-order valence-electron chi connectivity index (χ2n) is 3.39. The van der Waals surface area contributed by atoms with Crippen molar-refractivity contribution < 1.29 is 20.1 Å². The predicted molar refractivity (Wildman–Crippen MR) is 58.1 cm³/mol. The van der Waals surface area contributed by atoms with Crippen LogP contribution < -0.4 is 4.74 Å². The highest BCUT2D eigenvalue weighted by molar-refractivity contribution is 5.20. The van der Waals surface area contributed by atoms with E-state index < -0.39 is 12.2 Å². The number of aliphatic hydroxyl groups is 3. The molecule has 0 aliphatic carbocycles. The number of rotatable bonds is 6. The standard InChI is InChI=1S/C11H17NO4/c1-2-16-10-4-3-8(7-12-10)11(15)9(14)5-6-13/h3-4,7,9,11,13-15H,2,5-6H2,1H3. The Bertz CT molecular complexity index is 301. The zero-order chi connectivity index (χ0) is 12.0. The van der Waals surface area contributed by atoms with Gasteiger partial charge in [0.15, 0.2) is 0 Å². The first-order chi connectivity index (χ1) is 7.69. The van der Waals surface area contributed by atoms with Crippen LogP contribution in [0.15, 0.2) is 18.3 Å². The molecule has 1 heterocycles. The molecule has 0 saturated heterocycles. The minimum absolute atomic E-state index is 0.133. The minimum atomic E-state index is -1.03. The molecule has 5 heteroatoms. The zero-order valence-electron chi connectivity index (χ0n) is 9.21. The second kappa shape index (κ2) is 6.42. The molecule has 0 fully saturated rings. The summed E-state index contributed by atoms with van der Waals surface area (Å²) in [6.07, 6.45) is -0.426.